The fourth-order valence-corrected chi connectivity index (χ4v) is 3.82. The lowest BCUT2D eigenvalue weighted by Gasteiger charge is -2.37. The van der Waals surface area contributed by atoms with Crippen LogP contribution < -0.4 is 10.6 Å². The summed E-state index contributed by atoms with van der Waals surface area (Å²) in [5, 5.41) is 11.3. The van der Waals surface area contributed by atoms with E-state index in [0.717, 1.165) is 32.1 Å². The van der Waals surface area contributed by atoms with Crippen LogP contribution in [0.3, 0.4) is 0 Å². The number of nitrogens with zero attached hydrogens (tertiary/aromatic N) is 3. The quantitative estimate of drug-likeness (QED) is 0.583. The third-order valence-corrected chi connectivity index (χ3v) is 5.66. The standard InChI is InChI=1S/C18H33N5S/c1-5-22-7-9-23(10-8-22)16(3)13-21-18(19-4)20-12-15(2)17-6-11-24-14-17/h6,11,14-16H,5,7-10,12-13H2,1-4H3,(H2,19,20,21). The summed E-state index contributed by atoms with van der Waals surface area (Å²) in [4.78, 5) is 9.44. The lowest BCUT2D eigenvalue weighted by atomic mass is 10.1. The van der Waals surface area contributed by atoms with Crippen molar-refractivity contribution < 1.29 is 0 Å². The van der Waals surface area contributed by atoms with Crippen LogP contribution in [0.15, 0.2) is 21.8 Å². The van der Waals surface area contributed by atoms with Gasteiger partial charge in [0.1, 0.15) is 0 Å². The van der Waals surface area contributed by atoms with Crippen molar-refractivity contribution in [1.82, 2.24) is 20.4 Å². The van der Waals surface area contributed by atoms with Crippen molar-refractivity contribution in [3.05, 3.63) is 22.4 Å². The maximum atomic E-state index is 4.35. The topological polar surface area (TPSA) is 42.9 Å². The highest BCUT2D eigenvalue weighted by Crippen LogP contribution is 2.16. The third kappa shape index (κ3) is 5.76. The highest BCUT2D eigenvalue weighted by molar-refractivity contribution is 7.07. The van der Waals surface area contributed by atoms with Gasteiger partial charge < -0.3 is 15.5 Å². The smallest absolute Gasteiger partial charge is 0.191 e. The van der Waals surface area contributed by atoms with Gasteiger partial charge in [0.25, 0.3) is 0 Å². The highest BCUT2D eigenvalue weighted by atomic mass is 32.1. The molecule has 0 radical (unpaired) electrons. The Hall–Kier alpha value is -1.11. The second kappa shape index (κ2) is 10.0. The van der Waals surface area contributed by atoms with Gasteiger partial charge in [0, 0.05) is 52.4 Å². The number of likely N-dealkylation sites (N-methyl/N-ethyl adjacent to an activating group) is 1. The fourth-order valence-electron chi connectivity index (χ4n) is 3.04. The van der Waals surface area contributed by atoms with Crippen molar-refractivity contribution in [3.8, 4) is 0 Å². The van der Waals surface area contributed by atoms with Crippen LogP contribution in [0.2, 0.25) is 0 Å². The van der Waals surface area contributed by atoms with Crippen molar-refractivity contribution >= 4 is 17.3 Å². The number of hydrogen-bond donors (Lipinski definition) is 2. The summed E-state index contributed by atoms with van der Waals surface area (Å²) in [7, 11) is 1.84. The number of nitrogens with one attached hydrogen (secondary N) is 2. The van der Waals surface area contributed by atoms with E-state index in [9.17, 15) is 0 Å². The molecular weight excluding hydrogens is 318 g/mol. The largest absolute Gasteiger partial charge is 0.356 e. The Bertz CT molecular complexity index is 480. The highest BCUT2D eigenvalue weighted by Gasteiger charge is 2.20. The first-order valence-electron chi connectivity index (χ1n) is 9.07. The Kier molecular flexibility index (Phi) is 8.02. The minimum Gasteiger partial charge on any atom is -0.356 e. The zero-order valence-electron chi connectivity index (χ0n) is 15.6. The summed E-state index contributed by atoms with van der Waals surface area (Å²) in [5.41, 5.74) is 1.39. The third-order valence-electron chi connectivity index (χ3n) is 4.95. The molecule has 0 amide bonds. The summed E-state index contributed by atoms with van der Waals surface area (Å²) in [6.45, 7) is 14.5. The fraction of sp³-hybridized carbons (Fsp3) is 0.722. The Balaban J connectivity index is 1.69. The molecular formula is C18H33N5S. The zero-order valence-corrected chi connectivity index (χ0v) is 16.4. The minimum atomic E-state index is 0.495. The van der Waals surface area contributed by atoms with E-state index in [2.05, 4.69) is 63.0 Å². The molecule has 0 aromatic carbocycles. The van der Waals surface area contributed by atoms with Crippen molar-refractivity contribution in [2.24, 2.45) is 4.99 Å². The molecule has 1 aliphatic heterocycles. The molecule has 24 heavy (non-hydrogen) atoms. The van der Waals surface area contributed by atoms with Gasteiger partial charge in [-0.3, -0.25) is 9.89 Å². The average molecular weight is 352 g/mol. The first-order chi connectivity index (χ1) is 11.6. The van der Waals surface area contributed by atoms with E-state index < -0.39 is 0 Å². The van der Waals surface area contributed by atoms with Gasteiger partial charge in [-0.25, -0.2) is 0 Å². The van der Waals surface area contributed by atoms with Gasteiger partial charge in [-0.2, -0.15) is 11.3 Å². The van der Waals surface area contributed by atoms with Gasteiger partial charge in [-0.05, 0) is 41.8 Å². The van der Waals surface area contributed by atoms with E-state index in [4.69, 9.17) is 0 Å². The Morgan fingerprint density at radius 2 is 1.92 bits per heavy atom. The van der Waals surface area contributed by atoms with Crippen molar-refractivity contribution in [2.45, 2.75) is 32.7 Å². The van der Waals surface area contributed by atoms with Crippen LogP contribution in [0.1, 0.15) is 32.3 Å². The molecule has 0 bridgehead atoms. The lowest BCUT2D eigenvalue weighted by molar-refractivity contribution is 0.107. The second-order valence-corrected chi connectivity index (χ2v) is 7.39. The summed E-state index contributed by atoms with van der Waals surface area (Å²) in [5.74, 6) is 1.39. The van der Waals surface area contributed by atoms with Gasteiger partial charge in [0.2, 0.25) is 0 Å². The molecule has 2 heterocycles. The molecule has 136 valence electrons. The molecule has 1 aromatic rings. The normalized spacial score (nSPS) is 19.9. The van der Waals surface area contributed by atoms with Crippen LogP contribution in [0, 0.1) is 0 Å². The summed E-state index contributed by atoms with van der Waals surface area (Å²) < 4.78 is 0. The van der Waals surface area contributed by atoms with Gasteiger partial charge in [0.15, 0.2) is 5.96 Å². The molecule has 1 aromatic heterocycles. The predicted molar refractivity (Wildman–Crippen MR) is 105 cm³/mol. The summed E-state index contributed by atoms with van der Waals surface area (Å²) in [6.07, 6.45) is 0. The summed E-state index contributed by atoms with van der Waals surface area (Å²) >= 11 is 1.76. The van der Waals surface area contributed by atoms with Crippen LogP contribution in [-0.2, 0) is 0 Å². The van der Waals surface area contributed by atoms with E-state index in [0.29, 0.717) is 12.0 Å². The molecule has 5 nitrogen and oxygen atoms in total. The average Bonchev–Trinajstić information content (AvgIpc) is 3.16. The van der Waals surface area contributed by atoms with E-state index >= 15 is 0 Å². The molecule has 1 aliphatic rings. The second-order valence-electron chi connectivity index (χ2n) is 6.61. The Morgan fingerprint density at radius 1 is 1.21 bits per heavy atom. The Morgan fingerprint density at radius 3 is 2.50 bits per heavy atom. The van der Waals surface area contributed by atoms with Gasteiger partial charge in [-0.15, -0.1) is 0 Å². The number of rotatable bonds is 7. The van der Waals surface area contributed by atoms with Gasteiger partial charge in [-0.1, -0.05) is 13.8 Å². The summed E-state index contributed by atoms with van der Waals surface area (Å²) in [6, 6.07) is 2.72. The maximum absolute atomic E-state index is 4.35. The van der Waals surface area contributed by atoms with Crippen molar-refractivity contribution in [3.63, 3.8) is 0 Å². The first kappa shape index (κ1) is 19.2. The van der Waals surface area contributed by atoms with E-state index in [1.54, 1.807) is 11.3 Å². The number of thiophene rings is 1. The number of aliphatic imine (C=N–C) groups is 1. The van der Waals surface area contributed by atoms with E-state index in [1.165, 1.54) is 25.2 Å². The van der Waals surface area contributed by atoms with Gasteiger partial charge in [0.05, 0.1) is 0 Å². The van der Waals surface area contributed by atoms with Crippen LogP contribution in [0.25, 0.3) is 0 Å². The molecule has 2 unspecified atom stereocenters. The van der Waals surface area contributed by atoms with Crippen LogP contribution in [0.4, 0.5) is 0 Å². The van der Waals surface area contributed by atoms with E-state index in [-0.39, 0.29) is 0 Å². The molecule has 2 N–H and O–H groups in total. The van der Waals surface area contributed by atoms with Gasteiger partial charge >= 0.3 is 0 Å². The molecule has 2 atom stereocenters. The number of piperazine rings is 1. The minimum absolute atomic E-state index is 0.495. The molecule has 0 aliphatic carbocycles. The molecule has 1 saturated heterocycles. The predicted octanol–water partition coefficient (Wildman–Crippen LogP) is 2.04. The number of guanidine groups is 1. The lowest BCUT2D eigenvalue weighted by Crippen LogP contribution is -2.53. The van der Waals surface area contributed by atoms with Crippen molar-refractivity contribution in [1.29, 1.82) is 0 Å². The SMILES string of the molecule is CCN1CCN(C(C)CNC(=NC)NCC(C)c2ccsc2)CC1. The van der Waals surface area contributed by atoms with Crippen LogP contribution in [-0.4, -0.2) is 74.7 Å². The molecule has 0 saturated carbocycles. The van der Waals surface area contributed by atoms with Crippen LogP contribution in [0.5, 0.6) is 0 Å². The molecule has 2 rings (SSSR count). The van der Waals surface area contributed by atoms with Crippen LogP contribution >= 0.6 is 11.3 Å². The Labute approximate surface area is 151 Å². The number of hydrogen-bond acceptors (Lipinski definition) is 4. The monoisotopic (exact) mass is 351 g/mol. The van der Waals surface area contributed by atoms with E-state index in [1.807, 2.05) is 7.05 Å². The molecule has 1 fully saturated rings. The molecule has 0 spiro atoms. The first-order valence-corrected chi connectivity index (χ1v) is 10.0. The van der Waals surface area contributed by atoms with Crippen molar-refractivity contribution in [2.75, 3.05) is 52.9 Å². The maximum Gasteiger partial charge on any atom is 0.191 e. The molecule has 6 heteroatoms. The zero-order chi connectivity index (χ0) is 17.4.